The standard InChI is InChI=1S/C15H18BrNO2/c1-2-19-15(18)8-5-12-11-13(16)6-7-14(12)17-9-3-4-10-17/h5-8,11H,2-4,9-10H2,1H3. The zero-order valence-electron chi connectivity index (χ0n) is 11.1. The Labute approximate surface area is 122 Å². The molecule has 1 aromatic rings. The molecule has 102 valence electrons. The van der Waals surface area contributed by atoms with Gasteiger partial charge in [-0.15, -0.1) is 0 Å². The number of ether oxygens (including phenoxy) is 1. The number of halogens is 1. The van der Waals surface area contributed by atoms with Crippen molar-refractivity contribution in [1.29, 1.82) is 0 Å². The highest BCUT2D eigenvalue weighted by atomic mass is 79.9. The normalized spacial score (nSPS) is 15.2. The monoisotopic (exact) mass is 323 g/mol. The molecule has 0 aromatic heterocycles. The molecule has 0 unspecified atom stereocenters. The summed E-state index contributed by atoms with van der Waals surface area (Å²) >= 11 is 3.47. The summed E-state index contributed by atoms with van der Waals surface area (Å²) in [6.07, 6.45) is 5.79. The predicted octanol–water partition coefficient (Wildman–Crippen LogP) is 3.63. The molecule has 4 heteroatoms. The maximum atomic E-state index is 11.4. The first-order chi connectivity index (χ1) is 9.20. The molecule has 2 rings (SSSR count). The van der Waals surface area contributed by atoms with E-state index in [1.165, 1.54) is 24.6 Å². The summed E-state index contributed by atoms with van der Waals surface area (Å²) in [6, 6.07) is 6.17. The molecule has 0 radical (unpaired) electrons. The van der Waals surface area contributed by atoms with E-state index in [1.807, 2.05) is 18.2 Å². The van der Waals surface area contributed by atoms with Gasteiger partial charge in [0.2, 0.25) is 0 Å². The van der Waals surface area contributed by atoms with E-state index in [-0.39, 0.29) is 5.97 Å². The molecule has 0 N–H and O–H groups in total. The number of hydrogen-bond acceptors (Lipinski definition) is 3. The first-order valence-corrected chi connectivity index (χ1v) is 7.39. The fraction of sp³-hybridized carbons (Fsp3) is 0.400. The minimum absolute atomic E-state index is 0.296. The van der Waals surface area contributed by atoms with Crippen molar-refractivity contribution >= 4 is 33.7 Å². The lowest BCUT2D eigenvalue weighted by atomic mass is 10.1. The smallest absolute Gasteiger partial charge is 0.330 e. The summed E-state index contributed by atoms with van der Waals surface area (Å²) in [7, 11) is 0. The number of nitrogens with zero attached hydrogens (tertiary/aromatic N) is 1. The van der Waals surface area contributed by atoms with Gasteiger partial charge in [0.05, 0.1) is 6.61 Å². The van der Waals surface area contributed by atoms with Gasteiger partial charge in [0.15, 0.2) is 0 Å². The Bertz CT molecular complexity index is 479. The molecule has 0 bridgehead atoms. The number of carbonyl (C=O) groups excluding carboxylic acids is 1. The van der Waals surface area contributed by atoms with Gasteiger partial charge < -0.3 is 9.64 Å². The largest absolute Gasteiger partial charge is 0.463 e. The van der Waals surface area contributed by atoms with Crippen LogP contribution in [0.1, 0.15) is 25.3 Å². The number of carbonyl (C=O) groups is 1. The van der Waals surface area contributed by atoms with Gasteiger partial charge in [-0.05, 0) is 49.6 Å². The first kappa shape index (κ1) is 14.1. The van der Waals surface area contributed by atoms with Gasteiger partial charge in [-0.2, -0.15) is 0 Å². The van der Waals surface area contributed by atoms with E-state index in [0.717, 1.165) is 23.1 Å². The Kier molecular flexibility index (Phi) is 5.02. The first-order valence-electron chi connectivity index (χ1n) is 6.60. The maximum absolute atomic E-state index is 11.4. The second-order valence-corrected chi connectivity index (χ2v) is 5.40. The van der Waals surface area contributed by atoms with Crippen LogP contribution in [-0.4, -0.2) is 25.7 Å². The second-order valence-electron chi connectivity index (χ2n) is 4.48. The summed E-state index contributed by atoms with van der Waals surface area (Å²) in [6.45, 7) is 4.38. The Morgan fingerprint density at radius 3 is 2.84 bits per heavy atom. The molecule has 0 aliphatic carbocycles. The third-order valence-electron chi connectivity index (χ3n) is 3.12. The maximum Gasteiger partial charge on any atom is 0.330 e. The van der Waals surface area contributed by atoms with Crippen molar-refractivity contribution in [3.8, 4) is 0 Å². The van der Waals surface area contributed by atoms with Crippen molar-refractivity contribution in [1.82, 2.24) is 0 Å². The molecule has 19 heavy (non-hydrogen) atoms. The van der Waals surface area contributed by atoms with Gasteiger partial charge >= 0.3 is 5.97 Å². The molecule has 0 spiro atoms. The van der Waals surface area contributed by atoms with E-state index in [4.69, 9.17) is 4.74 Å². The fourth-order valence-corrected chi connectivity index (χ4v) is 2.63. The third kappa shape index (κ3) is 3.83. The summed E-state index contributed by atoms with van der Waals surface area (Å²) in [5.41, 5.74) is 2.23. The van der Waals surface area contributed by atoms with Gasteiger partial charge in [0.1, 0.15) is 0 Å². The van der Waals surface area contributed by atoms with Crippen molar-refractivity contribution in [3.05, 3.63) is 34.3 Å². The van der Waals surface area contributed by atoms with Gasteiger partial charge in [0.25, 0.3) is 0 Å². The molecule has 1 saturated heterocycles. The lowest BCUT2D eigenvalue weighted by Crippen LogP contribution is -2.18. The number of rotatable bonds is 4. The van der Waals surface area contributed by atoms with Gasteiger partial charge in [-0.25, -0.2) is 4.79 Å². The van der Waals surface area contributed by atoms with E-state index >= 15 is 0 Å². The van der Waals surface area contributed by atoms with Crippen LogP contribution in [0.2, 0.25) is 0 Å². The Hall–Kier alpha value is -1.29. The number of benzene rings is 1. The van der Waals surface area contributed by atoms with Crippen LogP contribution in [0.25, 0.3) is 6.08 Å². The minimum Gasteiger partial charge on any atom is -0.463 e. The molecule has 1 heterocycles. The molecule has 3 nitrogen and oxygen atoms in total. The third-order valence-corrected chi connectivity index (χ3v) is 3.62. The molecular weight excluding hydrogens is 306 g/mol. The van der Waals surface area contributed by atoms with E-state index in [2.05, 4.69) is 26.9 Å². The van der Waals surface area contributed by atoms with E-state index in [9.17, 15) is 4.79 Å². The molecule has 1 fully saturated rings. The highest BCUT2D eigenvalue weighted by molar-refractivity contribution is 9.10. The Morgan fingerprint density at radius 2 is 2.16 bits per heavy atom. The van der Waals surface area contributed by atoms with Crippen molar-refractivity contribution in [2.24, 2.45) is 0 Å². The van der Waals surface area contributed by atoms with Crippen LogP contribution in [0.3, 0.4) is 0 Å². The summed E-state index contributed by atoms with van der Waals surface area (Å²) in [4.78, 5) is 13.8. The minimum atomic E-state index is -0.296. The molecule has 1 aromatic carbocycles. The highest BCUT2D eigenvalue weighted by Crippen LogP contribution is 2.28. The van der Waals surface area contributed by atoms with Crippen molar-refractivity contribution in [2.75, 3.05) is 24.6 Å². The molecule has 1 aliphatic heterocycles. The van der Waals surface area contributed by atoms with Crippen LogP contribution in [0, 0.1) is 0 Å². The molecule has 0 amide bonds. The van der Waals surface area contributed by atoms with Crippen molar-refractivity contribution in [2.45, 2.75) is 19.8 Å². The Balaban J connectivity index is 2.21. The number of hydrogen-bond donors (Lipinski definition) is 0. The molecular formula is C15H18BrNO2. The van der Waals surface area contributed by atoms with Crippen LogP contribution in [-0.2, 0) is 9.53 Å². The van der Waals surface area contributed by atoms with Gasteiger partial charge in [0, 0.05) is 29.3 Å². The Morgan fingerprint density at radius 1 is 1.42 bits per heavy atom. The van der Waals surface area contributed by atoms with E-state index in [0.29, 0.717) is 6.61 Å². The van der Waals surface area contributed by atoms with Crippen molar-refractivity contribution in [3.63, 3.8) is 0 Å². The predicted molar refractivity (Wildman–Crippen MR) is 81.3 cm³/mol. The van der Waals surface area contributed by atoms with Gasteiger partial charge in [-0.1, -0.05) is 15.9 Å². The van der Waals surface area contributed by atoms with E-state index < -0.39 is 0 Å². The highest BCUT2D eigenvalue weighted by Gasteiger charge is 2.14. The number of esters is 1. The average molecular weight is 324 g/mol. The van der Waals surface area contributed by atoms with Crippen LogP contribution in [0.5, 0.6) is 0 Å². The topological polar surface area (TPSA) is 29.5 Å². The SMILES string of the molecule is CCOC(=O)C=Cc1cc(Br)ccc1N1CCCC1. The number of anilines is 1. The van der Waals surface area contributed by atoms with Crippen LogP contribution < -0.4 is 4.90 Å². The molecule has 0 atom stereocenters. The van der Waals surface area contributed by atoms with Gasteiger partial charge in [-0.3, -0.25) is 0 Å². The second kappa shape index (κ2) is 6.75. The molecule has 1 aliphatic rings. The van der Waals surface area contributed by atoms with Crippen LogP contribution in [0.15, 0.2) is 28.7 Å². The summed E-state index contributed by atoms with van der Waals surface area (Å²) in [5.74, 6) is -0.296. The molecule has 0 saturated carbocycles. The summed E-state index contributed by atoms with van der Waals surface area (Å²) in [5, 5.41) is 0. The average Bonchev–Trinajstić information content (AvgIpc) is 2.90. The van der Waals surface area contributed by atoms with Crippen LogP contribution in [0.4, 0.5) is 5.69 Å². The van der Waals surface area contributed by atoms with Crippen molar-refractivity contribution < 1.29 is 9.53 Å². The zero-order valence-corrected chi connectivity index (χ0v) is 12.6. The van der Waals surface area contributed by atoms with E-state index in [1.54, 1.807) is 6.92 Å². The van der Waals surface area contributed by atoms with Crippen LogP contribution >= 0.6 is 15.9 Å². The lowest BCUT2D eigenvalue weighted by Gasteiger charge is -2.20. The quantitative estimate of drug-likeness (QED) is 0.626. The summed E-state index contributed by atoms with van der Waals surface area (Å²) < 4.78 is 5.92. The zero-order chi connectivity index (χ0) is 13.7. The fourth-order valence-electron chi connectivity index (χ4n) is 2.25. The lowest BCUT2D eigenvalue weighted by molar-refractivity contribution is -0.137.